The highest BCUT2D eigenvalue weighted by atomic mass is 35.5. The number of rotatable bonds is 9. The highest BCUT2D eigenvalue weighted by molar-refractivity contribution is 6.31. The van der Waals surface area contributed by atoms with Gasteiger partial charge in [-0.05, 0) is 53.6 Å². The van der Waals surface area contributed by atoms with Crippen LogP contribution in [0.3, 0.4) is 0 Å². The Morgan fingerprint density at radius 1 is 0.844 bits per heavy atom. The second-order valence-corrected chi connectivity index (χ2v) is 7.90. The number of hydrogen-bond acceptors (Lipinski definition) is 3. The van der Waals surface area contributed by atoms with Crippen molar-refractivity contribution in [3.63, 3.8) is 0 Å². The maximum absolute atomic E-state index is 14.2. The van der Waals surface area contributed by atoms with Crippen LogP contribution in [-0.2, 0) is 19.6 Å². The molecule has 0 aliphatic heterocycles. The molecule has 0 heterocycles. The van der Waals surface area contributed by atoms with Crippen molar-refractivity contribution in [1.82, 2.24) is 5.32 Å². The number of methoxy groups -OCH3 is 1. The standard InChI is InChI=1S/C27H25ClFNO2/c1-31-26-12-5-3-8-20(26)15-16-30-17-22-21-9-4-2-7-19(21)13-14-27(22)32-18-23-24(28)10-6-11-25(23)29/h2-14,30H,15-18H2,1H3. The topological polar surface area (TPSA) is 30.5 Å². The Bertz CT molecular complexity index is 1190. The highest BCUT2D eigenvalue weighted by Gasteiger charge is 2.12. The first-order valence-electron chi connectivity index (χ1n) is 10.6. The Kier molecular flexibility index (Phi) is 7.25. The number of benzene rings is 4. The van der Waals surface area contributed by atoms with Gasteiger partial charge in [-0.15, -0.1) is 0 Å². The van der Waals surface area contributed by atoms with Gasteiger partial charge in [0.05, 0.1) is 12.1 Å². The van der Waals surface area contributed by atoms with E-state index in [1.807, 2.05) is 42.5 Å². The van der Waals surface area contributed by atoms with Crippen molar-refractivity contribution < 1.29 is 13.9 Å². The monoisotopic (exact) mass is 449 g/mol. The molecule has 32 heavy (non-hydrogen) atoms. The van der Waals surface area contributed by atoms with E-state index >= 15 is 0 Å². The van der Waals surface area contributed by atoms with Gasteiger partial charge in [0.2, 0.25) is 0 Å². The quantitative estimate of drug-likeness (QED) is 0.294. The molecule has 0 saturated heterocycles. The summed E-state index contributed by atoms with van der Waals surface area (Å²) in [5.74, 6) is 1.24. The molecule has 4 aromatic rings. The molecule has 0 aromatic heterocycles. The summed E-state index contributed by atoms with van der Waals surface area (Å²) in [6.07, 6.45) is 0.843. The zero-order valence-electron chi connectivity index (χ0n) is 17.9. The predicted molar refractivity (Wildman–Crippen MR) is 128 cm³/mol. The summed E-state index contributed by atoms with van der Waals surface area (Å²) in [5.41, 5.74) is 2.55. The molecule has 0 bridgehead atoms. The van der Waals surface area contributed by atoms with Crippen LogP contribution in [0.1, 0.15) is 16.7 Å². The summed E-state index contributed by atoms with van der Waals surface area (Å²) < 4.78 is 25.7. The summed E-state index contributed by atoms with van der Waals surface area (Å²) >= 11 is 6.17. The van der Waals surface area contributed by atoms with Crippen LogP contribution < -0.4 is 14.8 Å². The van der Waals surface area contributed by atoms with Crippen LogP contribution in [0.25, 0.3) is 10.8 Å². The number of hydrogen-bond donors (Lipinski definition) is 1. The van der Waals surface area contributed by atoms with Crippen molar-refractivity contribution in [1.29, 1.82) is 0 Å². The summed E-state index contributed by atoms with van der Waals surface area (Å²) in [5, 5.41) is 6.12. The van der Waals surface area contributed by atoms with Crippen molar-refractivity contribution in [2.75, 3.05) is 13.7 Å². The van der Waals surface area contributed by atoms with Gasteiger partial charge in [-0.1, -0.05) is 66.2 Å². The Morgan fingerprint density at radius 3 is 2.50 bits per heavy atom. The lowest BCUT2D eigenvalue weighted by Gasteiger charge is -2.16. The van der Waals surface area contributed by atoms with Crippen LogP contribution in [0.2, 0.25) is 5.02 Å². The van der Waals surface area contributed by atoms with Gasteiger partial charge >= 0.3 is 0 Å². The highest BCUT2D eigenvalue weighted by Crippen LogP contribution is 2.30. The van der Waals surface area contributed by atoms with Gasteiger partial charge in [0.25, 0.3) is 0 Å². The third-order valence-electron chi connectivity index (χ3n) is 5.50. The van der Waals surface area contributed by atoms with Crippen LogP contribution in [0, 0.1) is 5.82 Å². The van der Waals surface area contributed by atoms with E-state index < -0.39 is 0 Å². The lowest BCUT2D eigenvalue weighted by Crippen LogP contribution is -2.18. The van der Waals surface area contributed by atoms with Crippen LogP contribution in [0.5, 0.6) is 11.5 Å². The maximum atomic E-state index is 14.2. The molecule has 0 radical (unpaired) electrons. The average molecular weight is 450 g/mol. The number of nitrogens with one attached hydrogen (secondary N) is 1. The van der Waals surface area contributed by atoms with Gasteiger partial charge < -0.3 is 14.8 Å². The molecule has 3 nitrogen and oxygen atoms in total. The van der Waals surface area contributed by atoms with E-state index in [1.165, 1.54) is 6.07 Å². The summed E-state index contributed by atoms with van der Waals surface area (Å²) in [6, 6.07) is 24.8. The van der Waals surface area contributed by atoms with Gasteiger partial charge in [-0.2, -0.15) is 0 Å². The van der Waals surface area contributed by atoms with Gasteiger partial charge in [0.1, 0.15) is 23.9 Å². The SMILES string of the molecule is COc1ccccc1CCNCc1c(OCc2c(F)cccc2Cl)ccc2ccccc12. The second-order valence-electron chi connectivity index (χ2n) is 7.49. The van der Waals surface area contributed by atoms with Crippen molar-refractivity contribution >= 4 is 22.4 Å². The van der Waals surface area contributed by atoms with E-state index in [1.54, 1.807) is 19.2 Å². The smallest absolute Gasteiger partial charge is 0.131 e. The molecule has 164 valence electrons. The van der Waals surface area contributed by atoms with Crippen molar-refractivity contribution in [3.8, 4) is 11.5 Å². The first-order chi connectivity index (χ1) is 15.7. The van der Waals surface area contributed by atoms with Gasteiger partial charge in [-0.25, -0.2) is 4.39 Å². The lowest BCUT2D eigenvalue weighted by atomic mass is 10.0. The predicted octanol–water partition coefficient (Wildman–Crippen LogP) is 6.55. The first kappa shape index (κ1) is 22.1. The molecular formula is C27H25ClFNO2. The molecule has 4 aromatic carbocycles. The Hall–Kier alpha value is -3.08. The fourth-order valence-electron chi connectivity index (χ4n) is 3.80. The third kappa shape index (κ3) is 5.04. The Morgan fingerprint density at radius 2 is 1.66 bits per heavy atom. The molecule has 0 aliphatic carbocycles. The molecule has 0 fully saturated rings. The average Bonchev–Trinajstić information content (AvgIpc) is 2.82. The van der Waals surface area contributed by atoms with Crippen LogP contribution in [-0.4, -0.2) is 13.7 Å². The number of halogens is 2. The molecule has 0 amide bonds. The molecule has 0 atom stereocenters. The minimum Gasteiger partial charge on any atom is -0.496 e. The van der Waals surface area contributed by atoms with Crippen LogP contribution in [0.4, 0.5) is 4.39 Å². The summed E-state index contributed by atoms with van der Waals surface area (Å²) in [6.45, 7) is 1.47. The number of fused-ring (bicyclic) bond motifs is 1. The maximum Gasteiger partial charge on any atom is 0.131 e. The minimum absolute atomic E-state index is 0.0675. The fraction of sp³-hybridized carbons (Fsp3) is 0.185. The van der Waals surface area contributed by atoms with E-state index in [0.717, 1.165) is 40.6 Å². The molecule has 0 unspecified atom stereocenters. The van der Waals surface area contributed by atoms with Crippen molar-refractivity contribution in [2.24, 2.45) is 0 Å². The van der Waals surface area contributed by atoms with E-state index in [4.69, 9.17) is 21.1 Å². The minimum atomic E-state index is -0.366. The zero-order chi connectivity index (χ0) is 22.3. The lowest BCUT2D eigenvalue weighted by molar-refractivity contribution is 0.296. The number of ether oxygens (including phenoxy) is 2. The molecule has 0 spiro atoms. The number of para-hydroxylation sites is 1. The third-order valence-corrected chi connectivity index (χ3v) is 5.85. The van der Waals surface area contributed by atoms with E-state index in [9.17, 15) is 4.39 Å². The molecule has 1 N–H and O–H groups in total. The first-order valence-corrected chi connectivity index (χ1v) is 10.9. The summed E-state index contributed by atoms with van der Waals surface area (Å²) in [4.78, 5) is 0. The molecule has 0 aliphatic rings. The van der Waals surface area contributed by atoms with Crippen LogP contribution >= 0.6 is 11.6 Å². The normalized spacial score (nSPS) is 11.0. The Labute approximate surface area is 192 Å². The van der Waals surface area contributed by atoms with Crippen molar-refractivity contribution in [3.05, 3.63) is 106 Å². The fourth-order valence-corrected chi connectivity index (χ4v) is 4.02. The zero-order valence-corrected chi connectivity index (χ0v) is 18.7. The van der Waals surface area contributed by atoms with E-state index in [-0.39, 0.29) is 12.4 Å². The van der Waals surface area contributed by atoms with E-state index in [0.29, 0.717) is 22.9 Å². The van der Waals surface area contributed by atoms with Crippen molar-refractivity contribution in [2.45, 2.75) is 19.6 Å². The van der Waals surface area contributed by atoms with E-state index in [2.05, 4.69) is 23.5 Å². The van der Waals surface area contributed by atoms with Gasteiger partial charge in [0.15, 0.2) is 0 Å². The largest absolute Gasteiger partial charge is 0.496 e. The molecule has 4 rings (SSSR count). The van der Waals surface area contributed by atoms with Gasteiger partial charge in [0, 0.05) is 17.7 Å². The summed E-state index contributed by atoms with van der Waals surface area (Å²) in [7, 11) is 1.69. The molecular weight excluding hydrogens is 425 g/mol. The second kappa shape index (κ2) is 10.5. The Balaban J connectivity index is 1.51. The molecule has 5 heteroatoms. The van der Waals surface area contributed by atoms with Gasteiger partial charge in [-0.3, -0.25) is 0 Å². The van der Waals surface area contributed by atoms with Crippen LogP contribution in [0.15, 0.2) is 78.9 Å². The molecule has 0 saturated carbocycles.